The van der Waals surface area contributed by atoms with Gasteiger partial charge in [-0.1, -0.05) is 29.8 Å². The third-order valence-electron chi connectivity index (χ3n) is 6.08. The summed E-state index contributed by atoms with van der Waals surface area (Å²) in [5.74, 6) is -0.781. The average Bonchev–Trinajstić information content (AvgIpc) is 3.19. The fourth-order valence-electron chi connectivity index (χ4n) is 4.20. The Labute approximate surface area is 203 Å². The number of benzene rings is 2. The first-order valence-corrected chi connectivity index (χ1v) is 11.3. The van der Waals surface area contributed by atoms with Crippen LogP contribution in [-0.2, 0) is 23.2 Å². The third-order valence-corrected chi connectivity index (χ3v) is 6.32. The van der Waals surface area contributed by atoms with Crippen LogP contribution in [0.15, 0.2) is 48.5 Å². The number of urea groups is 1. The lowest BCUT2D eigenvalue weighted by Gasteiger charge is -2.28. The van der Waals surface area contributed by atoms with Gasteiger partial charge in [0.05, 0.1) is 24.3 Å². The number of aromatic nitrogens is 2. The highest BCUT2D eigenvalue weighted by Crippen LogP contribution is 2.29. The van der Waals surface area contributed by atoms with Crippen LogP contribution in [0.2, 0.25) is 5.02 Å². The van der Waals surface area contributed by atoms with E-state index in [2.05, 4.69) is 10.4 Å². The van der Waals surface area contributed by atoms with Crippen molar-refractivity contribution in [2.45, 2.75) is 39.8 Å². The van der Waals surface area contributed by atoms with Crippen LogP contribution >= 0.6 is 11.6 Å². The molecule has 0 saturated carbocycles. The van der Waals surface area contributed by atoms with Gasteiger partial charge in [0.2, 0.25) is 5.91 Å². The second-order valence-corrected chi connectivity index (χ2v) is 8.90. The zero-order chi connectivity index (χ0) is 24.6. The van der Waals surface area contributed by atoms with Crippen LogP contribution in [0.25, 0.3) is 0 Å². The summed E-state index contributed by atoms with van der Waals surface area (Å²) in [6.07, 6.45) is -0.103. The van der Waals surface area contributed by atoms with Gasteiger partial charge in [0, 0.05) is 29.0 Å². The van der Waals surface area contributed by atoms with Gasteiger partial charge in [-0.2, -0.15) is 5.10 Å². The molecule has 0 aliphatic carbocycles. The average molecular weight is 480 g/mol. The Morgan fingerprint density at radius 3 is 2.53 bits per heavy atom. The van der Waals surface area contributed by atoms with E-state index in [1.807, 2.05) is 33.9 Å². The molecular weight excluding hydrogens is 454 g/mol. The molecule has 3 aromatic rings. The van der Waals surface area contributed by atoms with Crippen LogP contribution < -0.4 is 10.2 Å². The Bertz CT molecular complexity index is 1290. The molecule has 1 aromatic heterocycles. The summed E-state index contributed by atoms with van der Waals surface area (Å²) in [5, 5.41) is 7.72. The molecule has 2 heterocycles. The van der Waals surface area contributed by atoms with Crippen LogP contribution in [0.5, 0.6) is 0 Å². The number of hydrogen-bond acceptors (Lipinski definition) is 4. The van der Waals surface area contributed by atoms with E-state index in [1.165, 1.54) is 9.80 Å². The maximum absolute atomic E-state index is 13.5. The lowest BCUT2D eigenvalue weighted by molar-refractivity contribution is -0.122. The van der Waals surface area contributed by atoms with Gasteiger partial charge in [0.1, 0.15) is 6.04 Å². The van der Waals surface area contributed by atoms with Crippen molar-refractivity contribution in [3.8, 4) is 0 Å². The van der Waals surface area contributed by atoms with E-state index in [-0.39, 0.29) is 18.9 Å². The molecule has 1 atom stereocenters. The molecule has 0 spiro atoms. The van der Waals surface area contributed by atoms with Gasteiger partial charge in [-0.25, -0.2) is 9.69 Å². The van der Waals surface area contributed by atoms with E-state index in [4.69, 9.17) is 11.6 Å². The fourth-order valence-corrected chi connectivity index (χ4v) is 4.39. The van der Waals surface area contributed by atoms with Crippen LogP contribution in [0.4, 0.5) is 16.2 Å². The van der Waals surface area contributed by atoms with Gasteiger partial charge in [-0.05, 0) is 56.7 Å². The number of aryl methyl sites for hydroxylation is 3. The number of amides is 4. The second-order valence-electron chi connectivity index (χ2n) is 8.47. The minimum atomic E-state index is -0.953. The summed E-state index contributed by atoms with van der Waals surface area (Å²) < 4.78 is 1.73. The number of nitrogens with one attached hydrogen (secondary N) is 1. The first-order valence-electron chi connectivity index (χ1n) is 10.9. The number of nitrogens with zero attached hydrogens (tertiary/aromatic N) is 4. The van der Waals surface area contributed by atoms with Crippen LogP contribution in [-0.4, -0.2) is 38.6 Å². The van der Waals surface area contributed by atoms with Crippen molar-refractivity contribution in [3.63, 3.8) is 0 Å². The molecule has 1 aliphatic rings. The molecule has 176 valence electrons. The van der Waals surface area contributed by atoms with Crippen LogP contribution in [0.3, 0.4) is 0 Å². The Morgan fingerprint density at radius 2 is 1.88 bits per heavy atom. The summed E-state index contributed by atoms with van der Waals surface area (Å²) in [4.78, 5) is 42.5. The largest absolute Gasteiger partial charge is 0.322 e. The van der Waals surface area contributed by atoms with E-state index in [9.17, 15) is 14.4 Å². The molecule has 0 unspecified atom stereocenters. The van der Waals surface area contributed by atoms with Gasteiger partial charge in [-0.3, -0.25) is 14.3 Å². The topological polar surface area (TPSA) is 87.5 Å². The van der Waals surface area contributed by atoms with E-state index >= 15 is 0 Å². The first kappa shape index (κ1) is 23.5. The molecule has 34 heavy (non-hydrogen) atoms. The molecule has 0 radical (unpaired) electrons. The number of halogens is 1. The predicted octanol–water partition coefficient (Wildman–Crippen LogP) is 4.36. The lowest BCUT2D eigenvalue weighted by atomic mass is 10.1. The molecule has 4 amide bonds. The number of imide groups is 1. The van der Waals surface area contributed by atoms with E-state index in [0.29, 0.717) is 16.4 Å². The molecule has 1 N–H and O–H groups in total. The lowest BCUT2D eigenvalue weighted by Crippen LogP contribution is -2.47. The Hall–Kier alpha value is -3.65. The summed E-state index contributed by atoms with van der Waals surface area (Å²) >= 11 is 6.07. The molecule has 9 heteroatoms. The van der Waals surface area contributed by atoms with Crippen LogP contribution in [0.1, 0.15) is 28.9 Å². The summed E-state index contributed by atoms with van der Waals surface area (Å²) in [6, 6.07) is 12.5. The number of rotatable bonds is 5. The summed E-state index contributed by atoms with van der Waals surface area (Å²) in [7, 11) is 1.83. The smallest absolute Gasteiger partial charge is 0.308 e. The maximum atomic E-state index is 13.5. The van der Waals surface area contributed by atoms with Crippen molar-refractivity contribution in [1.82, 2.24) is 14.7 Å². The molecule has 1 aliphatic heterocycles. The highest BCUT2D eigenvalue weighted by molar-refractivity contribution is 6.31. The third kappa shape index (κ3) is 4.54. The number of carbonyl (C=O) groups excluding carboxylic acids is 3. The predicted molar refractivity (Wildman–Crippen MR) is 131 cm³/mol. The van der Waals surface area contributed by atoms with E-state index in [0.717, 1.165) is 22.5 Å². The van der Waals surface area contributed by atoms with Crippen molar-refractivity contribution in [3.05, 3.63) is 76.1 Å². The van der Waals surface area contributed by atoms with E-state index in [1.54, 1.807) is 47.1 Å². The fraction of sp³-hybridized carbons (Fsp3) is 0.280. The van der Waals surface area contributed by atoms with Crippen molar-refractivity contribution >= 4 is 40.8 Å². The zero-order valence-corrected chi connectivity index (χ0v) is 20.3. The summed E-state index contributed by atoms with van der Waals surface area (Å²) in [5.41, 5.74) is 4.39. The zero-order valence-electron chi connectivity index (χ0n) is 19.5. The van der Waals surface area contributed by atoms with Gasteiger partial charge in [0.25, 0.3) is 5.91 Å². The highest BCUT2D eigenvalue weighted by atomic mass is 35.5. The molecule has 1 saturated heterocycles. The highest BCUT2D eigenvalue weighted by Gasteiger charge is 2.44. The number of carbonyl (C=O) groups is 3. The molecule has 0 bridgehead atoms. The molecule has 4 rings (SSSR count). The first-order chi connectivity index (χ1) is 16.2. The minimum absolute atomic E-state index is 0.103. The molecule has 8 nitrogen and oxygen atoms in total. The van der Waals surface area contributed by atoms with Crippen molar-refractivity contribution in [2.24, 2.45) is 7.05 Å². The normalized spacial score (nSPS) is 15.7. The SMILES string of the molecule is Cc1cccc(N2C(=O)C[C@H](N(Cc3c(C)nn(C)c3C)C(=O)Nc3cccc(Cl)c3)C2=O)c1. The van der Waals surface area contributed by atoms with Crippen LogP contribution in [0, 0.1) is 20.8 Å². The standard InChI is InChI=1S/C25H26ClN5O3/c1-15-7-5-10-20(11-15)31-23(32)13-22(24(31)33)30(14-21-16(2)28-29(4)17(21)3)25(34)27-19-9-6-8-18(26)12-19/h5-12,22H,13-14H2,1-4H3,(H,27,34)/t22-/m0/s1. The maximum Gasteiger partial charge on any atom is 0.322 e. The van der Waals surface area contributed by atoms with Crippen molar-refractivity contribution in [2.75, 3.05) is 10.2 Å². The van der Waals surface area contributed by atoms with Crippen molar-refractivity contribution < 1.29 is 14.4 Å². The second kappa shape index (κ2) is 9.30. The molecule has 2 aromatic carbocycles. The minimum Gasteiger partial charge on any atom is -0.308 e. The quantitative estimate of drug-likeness (QED) is 0.550. The Kier molecular flexibility index (Phi) is 6.43. The Morgan fingerprint density at radius 1 is 1.15 bits per heavy atom. The number of anilines is 2. The summed E-state index contributed by atoms with van der Waals surface area (Å²) in [6.45, 7) is 5.78. The molecule has 1 fully saturated rings. The molecular formula is C25H26ClN5O3. The van der Waals surface area contributed by atoms with E-state index < -0.39 is 18.0 Å². The monoisotopic (exact) mass is 479 g/mol. The van der Waals surface area contributed by atoms with Crippen molar-refractivity contribution in [1.29, 1.82) is 0 Å². The van der Waals surface area contributed by atoms with Gasteiger partial charge in [-0.15, -0.1) is 0 Å². The Balaban J connectivity index is 1.69. The number of hydrogen-bond donors (Lipinski definition) is 1. The van der Waals surface area contributed by atoms with Gasteiger partial charge < -0.3 is 10.2 Å². The van der Waals surface area contributed by atoms with Gasteiger partial charge >= 0.3 is 6.03 Å². The van der Waals surface area contributed by atoms with Gasteiger partial charge in [0.15, 0.2) is 0 Å².